The van der Waals surface area contributed by atoms with Gasteiger partial charge in [-0.05, 0) is 68.3 Å². The highest BCUT2D eigenvalue weighted by molar-refractivity contribution is 6.03. The van der Waals surface area contributed by atoms with E-state index in [0.29, 0.717) is 24.3 Å². The third-order valence-electron chi connectivity index (χ3n) is 4.91. The summed E-state index contributed by atoms with van der Waals surface area (Å²) in [5, 5.41) is 5.76. The van der Waals surface area contributed by atoms with E-state index in [-0.39, 0.29) is 17.6 Å². The lowest BCUT2D eigenvalue weighted by molar-refractivity contribution is 0.0952. The van der Waals surface area contributed by atoms with Crippen molar-refractivity contribution in [2.75, 3.05) is 29.9 Å². The second-order valence-electron chi connectivity index (χ2n) is 7.14. The summed E-state index contributed by atoms with van der Waals surface area (Å²) in [6, 6.07) is 16.8. The number of nitrogens with one attached hydrogen (secondary N) is 2. The van der Waals surface area contributed by atoms with Gasteiger partial charge in [-0.15, -0.1) is 0 Å². The Bertz CT molecular complexity index is 1010. The molecular formula is C24H27N3O3. The molecule has 0 fully saturated rings. The Morgan fingerprint density at radius 3 is 2.53 bits per heavy atom. The van der Waals surface area contributed by atoms with Crippen LogP contribution in [0.1, 0.15) is 39.0 Å². The Morgan fingerprint density at radius 1 is 1.00 bits per heavy atom. The number of rotatable bonds is 8. The number of carbonyl (C=O) groups is 2. The van der Waals surface area contributed by atoms with Gasteiger partial charge < -0.3 is 20.0 Å². The molecule has 0 saturated carbocycles. The molecule has 0 saturated heterocycles. The van der Waals surface area contributed by atoms with Crippen LogP contribution in [0.15, 0.2) is 65.3 Å². The minimum atomic E-state index is -0.350. The van der Waals surface area contributed by atoms with Gasteiger partial charge in [-0.25, -0.2) is 0 Å². The second-order valence-corrected chi connectivity index (χ2v) is 7.14. The Labute approximate surface area is 176 Å². The summed E-state index contributed by atoms with van der Waals surface area (Å²) < 4.78 is 5.12. The normalized spacial score (nSPS) is 10.5. The quantitative estimate of drug-likeness (QED) is 0.582. The number of aryl methyl sites for hydroxylation is 2. The maximum atomic E-state index is 12.6. The number of amides is 2. The van der Waals surface area contributed by atoms with Crippen LogP contribution in [0.3, 0.4) is 0 Å². The van der Waals surface area contributed by atoms with Gasteiger partial charge >= 0.3 is 0 Å². The number of hydrogen-bond donors (Lipinski definition) is 2. The Morgan fingerprint density at radius 2 is 1.83 bits per heavy atom. The highest BCUT2D eigenvalue weighted by Gasteiger charge is 2.13. The molecule has 2 aromatic carbocycles. The lowest BCUT2D eigenvalue weighted by atomic mass is 10.1. The van der Waals surface area contributed by atoms with Gasteiger partial charge in [-0.3, -0.25) is 9.59 Å². The van der Waals surface area contributed by atoms with Crippen LogP contribution in [0.25, 0.3) is 0 Å². The third kappa shape index (κ3) is 5.29. The fourth-order valence-corrected chi connectivity index (χ4v) is 3.19. The zero-order chi connectivity index (χ0) is 21.5. The molecule has 30 heavy (non-hydrogen) atoms. The largest absolute Gasteiger partial charge is 0.459 e. The number of anilines is 2. The first-order chi connectivity index (χ1) is 14.5. The molecule has 3 rings (SSSR count). The topological polar surface area (TPSA) is 74.6 Å². The minimum Gasteiger partial charge on any atom is -0.459 e. The summed E-state index contributed by atoms with van der Waals surface area (Å²) in [6.45, 7) is 8.12. The average Bonchev–Trinajstić information content (AvgIpc) is 3.27. The van der Waals surface area contributed by atoms with Crippen LogP contribution >= 0.6 is 0 Å². The van der Waals surface area contributed by atoms with Gasteiger partial charge in [0.15, 0.2) is 5.76 Å². The molecule has 6 heteroatoms. The Kier molecular flexibility index (Phi) is 6.91. The monoisotopic (exact) mass is 405 g/mol. The van der Waals surface area contributed by atoms with Crippen molar-refractivity contribution in [3.63, 3.8) is 0 Å². The maximum absolute atomic E-state index is 12.6. The van der Waals surface area contributed by atoms with Crippen molar-refractivity contribution >= 4 is 23.2 Å². The number of carbonyl (C=O) groups excluding carboxylic acids is 2. The highest BCUT2D eigenvalue weighted by atomic mass is 16.3. The lowest BCUT2D eigenvalue weighted by Crippen LogP contribution is -2.35. The van der Waals surface area contributed by atoms with Gasteiger partial charge in [-0.1, -0.05) is 18.2 Å². The molecule has 0 radical (unpaired) electrons. The van der Waals surface area contributed by atoms with Crippen molar-refractivity contribution in [3.05, 3.63) is 83.3 Å². The minimum absolute atomic E-state index is 0.177. The average molecular weight is 405 g/mol. The molecule has 2 N–H and O–H groups in total. The zero-order valence-electron chi connectivity index (χ0n) is 17.6. The van der Waals surface area contributed by atoms with Crippen LogP contribution in [-0.2, 0) is 0 Å². The van der Waals surface area contributed by atoms with Crippen molar-refractivity contribution in [1.82, 2.24) is 5.32 Å². The summed E-state index contributed by atoms with van der Waals surface area (Å²) in [4.78, 5) is 27.1. The van der Waals surface area contributed by atoms with Gasteiger partial charge in [0.25, 0.3) is 11.8 Å². The van der Waals surface area contributed by atoms with E-state index in [9.17, 15) is 9.59 Å². The van der Waals surface area contributed by atoms with Crippen LogP contribution < -0.4 is 15.5 Å². The summed E-state index contributed by atoms with van der Waals surface area (Å²) in [5.74, 6) is -0.304. The molecular weight excluding hydrogens is 378 g/mol. The standard InChI is InChI=1S/C24H27N3O3/c1-4-27(20-8-5-7-17(2)15-20)13-12-25-23(28)19-11-10-18(3)21(16-19)26-24(29)22-9-6-14-30-22/h5-11,14-16H,4,12-13H2,1-3H3,(H,25,28)(H,26,29). The molecule has 1 aromatic heterocycles. The molecule has 0 spiro atoms. The molecule has 1 heterocycles. The molecule has 0 atom stereocenters. The zero-order valence-corrected chi connectivity index (χ0v) is 17.6. The molecule has 0 unspecified atom stereocenters. The molecule has 2 amide bonds. The van der Waals surface area contributed by atoms with Crippen molar-refractivity contribution in [2.45, 2.75) is 20.8 Å². The van der Waals surface area contributed by atoms with Crippen molar-refractivity contribution in [1.29, 1.82) is 0 Å². The van der Waals surface area contributed by atoms with Gasteiger partial charge in [0.05, 0.1) is 6.26 Å². The van der Waals surface area contributed by atoms with E-state index in [1.54, 1.807) is 24.3 Å². The summed E-state index contributed by atoms with van der Waals surface area (Å²) in [5.41, 5.74) is 4.29. The molecule has 3 aromatic rings. The van der Waals surface area contributed by atoms with E-state index >= 15 is 0 Å². The first-order valence-corrected chi connectivity index (χ1v) is 10.0. The van der Waals surface area contributed by atoms with Crippen molar-refractivity contribution in [3.8, 4) is 0 Å². The maximum Gasteiger partial charge on any atom is 0.291 e. The number of furan rings is 1. The molecule has 0 bridgehead atoms. The van der Waals surface area contributed by atoms with Gasteiger partial charge in [0, 0.05) is 36.6 Å². The summed E-state index contributed by atoms with van der Waals surface area (Å²) >= 11 is 0. The number of benzene rings is 2. The fourth-order valence-electron chi connectivity index (χ4n) is 3.19. The lowest BCUT2D eigenvalue weighted by Gasteiger charge is -2.23. The fraction of sp³-hybridized carbons (Fsp3) is 0.250. The van der Waals surface area contributed by atoms with Crippen LogP contribution in [0, 0.1) is 13.8 Å². The van der Waals surface area contributed by atoms with Gasteiger partial charge in [0.1, 0.15) is 0 Å². The molecule has 0 aliphatic carbocycles. The molecule has 0 aliphatic rings. The van der Waals surface area contributed by atoms with E-state index in [4.69, 9.17) is 4.42 Å². The Hall–Kier alpha value is -3.54. The number of hydrogen-bond acceptors (Lipinski definition) is 4. The van der Waals surface area contributed by atoms with E-state index in [1.807, 2.05) is 19.1 Å². The Balaban J connectivity index is 1.60. The van der Waals surface area contributed by atoms with E-state index in [2.05, 4.69) is 47.6 Å². The predicted molar refractivity (Wildman–Crippen MR) is 119 cm³/mol. The summed E-state index contributed by atoms with van der Waals surface area (Å²) in [7, 11) is 0. The van der Waals surface area contributed by atoms with Crippen LogP contribution in [0.4, 0.5) is 11.4 Å². The van der Waals surface area contributed by atoms with Gasteiger partial charge in [-0.2, -0.15) is 0 Å². The van der Waals surface area contributed by atoms with E-state index in [0.717, 1.165) is 17.8 Å². The van der Waals surface area contributed by atoms with Gasteiger partial charge in [0.2, 0.25) is 0 Å². The summed E-state index contributed by atoms with van der Waals surface area (Å²) in [6.07, 6.45) is 1.45. The SMILES string of the molecule is CCN(CCNC(=O)c1ccc(C)c(NC(=O)c2ccco2)c1)c1cccc(C)c1. The van der Waals surface area contributed by atoms with Crippen LogP contribution in [0.5, 0.6) is 0 Å². The first kappa shape index (κ1) is 21.2. The van der Waals surface area contributed by atoms with Crippen LogP contribution in [0.2, 0.25) is 0 Å². The second kappa shape index (κ2) is 9.78. The highest BCUT2D eigenvalue weighted by Crippen LogP contribution is 2.19. The third-order valence-corrected chi connectivity index (χ3v) is 4.91. The number of nitrogens with zero attached hydrogens (tertiary/aromatic N) is 1. The molecule has 6 nitrogen and oxygen atoms in total. The van der Waals surface area contributed by atoms with E-state index < -0.39 is 0 Å². The first-order valence-electron chi connectivity index (χ1n) is 10.0. The molecule has 0 aliphatic heterocycles. The van der Waals surface area contributed by atoms with E-state index in [1.165, 1.54) is 11.8 Å². The smallest absolute Gasteiger partial charge is 0.291 e. The number of likely N-dealkylation sites (N-methyl/N-ethyl adjacent to an activating group) is 1. The molecule has 156 valence electrons. The van der Waals surface area contributed by atoms with Crippen LogP contribution in [-0.4, -0.2) is 31.4 Å². The van der Waals surface area contributed by atoms with Crippen molar-refractivity contribution < 1.29 is 14.0 Å². The van der Waals surface area contributed by atoms with Crippen molar-refractivity contribution in [2.24, 2.45) is 0 Å². The predicted octanol–water partition coefficient (Wildman–Crippen LogP) is 4.41.